The Labute approximate surface area is 147 Å². The Bertz CT molecular complexity index is 630. The van der Waals surface area contributed by atoms with Crippen LogP contribution >= 0.6 is 0 Å². The quantitative estimate of drug-likeness (QED) is 0.881. The monoisotopic (exact) mass is 344 g/mol. The average Bonchev–Trinajstić information content (AvgIpc) is 3.21. The molecular weight excluding hydrogens is 320 g/mol. The van der Waals surface area contributed by atoms with Crippen molar-refractivity contribution < 1.29 is 9.15 Å². The third kappa shape index (κ3) is 4.01. The van der Waals surface area contributed by atoms with E-state index in [1.54, 1.807) is 6.26 Å². The summed E-state index contributed by atoms with van der Waals surface area (Å²) in [5.74, 6) is 2.93. The van der Waals surface area contributed by atoms with Crippen molar-refractivity contribution in [3.05, 3.63) is 24.2 Å². The highest BCUT2D eigenvalue weighted by Crippen LogP contribution is 2.21. The predicted molar refractivity (Wildman–Crippen MR) is 95.0 cm³/mol. The molecule has 134 valence electrons. The Balaban J connectivity index is 1.56. The molecule has 25 heavy (non-hydrogen) atoms. The van der Waals surface area contributed by atoms with Crippen molar-refractivity contribution in [3.8, 4) is 0 Å². The first kappa shape index (κ1) is 16.1. The highest BCUT2D eigenvalue weighted by Gasteiger charge is 2.20. The van der Waals surface area contributed by atoms with Gasteiger partial charge in [-0.2, -0.15) is 15.0 Å². The molecule has 4 heterocycles. The highest BCUT2D eigenvalue weighted by atomic mass is 16.5. The van der Waals surface area contributed by atoms with Gasteiger partial charge >= 0.3 is 0 Å². The molecule has 0 unspecified atom stereocenters. The Kier molecular flexibility index (Phi) is 4.96. The fourth-order valence-electron chi connectivity index (χ4n) is 3.15. The number of ether oxygens (including phenoxy) is 1. The Hall–Kier alpha value is -2.35. The molecule has 0 aromatic carbocycles. The molecule has 2 aliphatic heterocycles. The molecule has 0 saturated carbocycles. The minimum atomic E-state index is 0.555. The molecule has 0 bridgehead atoms. The lowest BCUT2D eigenvalue weighted by atomic mass is 10.1. The van der Waals surface area contributed by atoms with Crippen LogP contribution in [0.15, 0.2) is 22.8 Å². The van der Waals surface area contributed by atoms with Crippen LogP contribution in [-0.4, -0.2) is 54.3 Å². The minimum Gasteiger partial charge on any atom is -0.467 e. The molecule has 8 heteroatoms. The van der Waals surface area contributed by atoms with Gasteiger partial charge in [-0.25, -0.2) is 0 Å². The lowest BCUT2D eigenvalue weighted by Gasteiger charge is -2.30. The van der Waals surface area contributed by atoms with Crippen molar-refractivity contribution in [2.24, 2.45) is 0 Å². The van der Waals surface area contributed by atoms with Crippen LogP contribution in [0.5, 0.6) is 0 Å². The van der Waals surface area contributed by atoms with Crippen LogP contribution in [0.4, 0.5) is 17.8 Å². The van der Waals surface area contributed by atoms with Crippen molar-refractivity contribution in [2.45, 2.75) is 25.8 Å². The van der Waals surface area contributed by atoms with Gasteiger partial charge in [-0.15, -0.1) is 0 Å². The number of hydrogen-bond acceptors (Lipinski definition) is 8. The van der Waals surface area contributed by atoms with Gasteiger partial charge in [0.25, 0.3) is 0 Å². The maximum absolute atomic E-state index is 5.44. The second-order valence-electron chi connectivity index (χ2n) is 6.34. The van der Waals surface area contributed by atoms with E-state index in [9.17, 15) is 0 Å². The topological polar surface area (TPSA) is 79.6 Å². The molecule has 2 fully saturated rings. The van der Waals surface area contributed by atoms with E-state index in [-0.39, 0.29) is 0 Å². The van der Waals surface area contributed by atoms with Crippen LogP contribution in [0, 0.1) is 0 Å². The molecule has 0 spiro atoms. The summed E-state index contributed by atoms with van der Waals surface area (Å²) in [5.41, 5.74) is 0. The Morgan fingerprint density at radius 3 is 2.32 bits per heavy atom. The van der Waals surface area contributed by atoms with Gasteiger partial charge < -0.3 is 24.3 Å². The summed E-state index contributed by atoms with van der Waals surface area (Å²) >= 11 is 0. The zero-order valence-electron chi connectivity index (χ0n) is 14.4. The van der Waals surface area contributed by atoms with Gasteiger partial charge in [0, 0.05) is 26.2 Å². The van der Waals surface area contributed by atoms with Crippen molar-refractivity contribution in [1.82, 2.24) is 15.0 Å². The van der Waals surface area contributed by atoms with Crippen LogP contribution < -0.4 is 15.1 Å². The largest absolute Gasteiger partial charge is 0.467 e. The molecule has 1 N–H and O–H groups in total. The fraction of sp³-hybridized carbons (Fsp3) is 0.588. The molecule has 0 radical (unpaired) electrons. The second kappa shape index (κ2) is 7.69. The van der Waals surface area contributed by atoms with Gasteiger partial charge in [-0.05, 0) is 31.4 Å². The summed E-state index contributed by atoms with van der Waals surface area (Å²) in [6, 6.07) is 3.81. The number of morpholine rings is 1. The maximum Gasteiger partial charge on any atom is 0.232 e. The zero-order valence-corrected chi connectivity index (χ0v) is 14.4. The van der Waals surface area contributed by atoms with E-state index in [4.69, 9.17) is 14.1 Å². The van der Waals surface area contributed by atoms with E-state index in [0.29, 0.717) is 25.7 Å². The summed E-state index contributed by atoms with van der Waals surface area (Å²) in [6.07, 6.45) is 5.33. The summed E-state index contributed by atoms with van der Waals surface area (Å²) in [4.78, 5) is 18.4. The zero-order chi connectivity index (χ0) is 16.9. The number of nitrogens with zero attached hydrogens (tertiary/aromatic N) is 5. The van der Waals surface area contributed by atoms with E-state index < -0.39 is 0 Å². The van der Waals surface area contributed by atoms with Gasteiger partial charge in [-0.3, -0.25) is 0 Å². The van der Waals surface area contributed by atoms with Gasteiger partial charge in [0.2, 0.25) is 17.8 Å². The third-order valence-electron chi connectivity index (χ3n) is 4.55. The minimum absolute atomic E-state index is 0.555. The van der Waals surface area contributed by atoms with Crippen LogP contribution in [0.2, 0.25) is 0 Å². The van der Waals surface area contributed by atoms with Crippen LogP contribution in [0.25, 0.3) is 0 Å². The fourth-order valence-corrected chi connectivity index (χ4v) is 3.15. The lowest BCUT2D eigenvalue weighted by molar-refractivity contribution is 0.122. The Morgan fingerprint density at radius 1 is 0.920 bits per heavy atom. The van der Waals surface area contributed by atoms with E-state index in [1.807, 2.05) is 12.1 Å². The van der Waals surface area contributed by atoms with Gasteiger partial charge in [0.05, 0.1) is 26.0 Å². The molecule has 8 nitrogen and oxygen atoms in total. The summed E-state index contributed by atoms with van der Waals surface area (Å²) in [5, 5.41) is 3.27. The number of piperidine rings is 1. The SMILES string of the molecule is c1coc(CNc2nc(N3CCCCC3)nc(N3CCOCC3)n2)c1. The lowest BCUT2D eigenvalue weighted by Crippen LogP contribution is -2.38. The molecular formula is C17H24N6O2. The smallest absolute Gasteiger partial charge is 0.232 e. The first-order chi connectivity index (χ1) is 12.4. The molecule has 0 atom stereocenters. The Morgan fingerprint density at radius 2 is 1.64 bits per heavy atom. The number of rotatable bonds is 5. The van der Waals surface area contributed by atoms with Gasteiger partial charge in [0.15, 0.2) is 0 Å². The first-order valence-electron chi connectivity index (χ1n) is 8.98. The number of nitrogens with one attached hydrogen (secondary N) is 1. The van der Waals surface area contributed by atoms with Gasteiger partial charge in [0.1, 0.15) is 5.76 Å². The van der Waals surface area contributed by atoms with E-state index >= 15 is 0 Å². The van der Waals surface area contributed by atoms with Crippen molar-refractivity contribution >= 4 is 17.8 Å². The number of anilines is 3. The average molecular weight is 344 g/mol. The second-order valence-corrected chi connectivity index (χ2v) is 6.34. The first-order valence-corrected chi connectivity index (χ1v) is 8.98. The van der Waals surface area contributed by atoms with Crippen LogP contribution in [-0.2, 0) is 11.3 Å². The molecule has 2 aromatic heterocycles. The molecule has 0 amide bonds. The van der Waals surface area contributed by atoms with Crippen LogP contribution in [0.1, 0.15) is 25.0 Å². The maximum atomic E-state index is 5.44. The van der Waals surface area contributed by atoms with Crippen molar-refractivity contribution in [2.75, 3.05) is 54.5 Å². The van der Waals surface area contributed by atoms with E-state index in [2.05, 4.69) is 25.1 Å². The third-order valence-corrected chi connectivity index (χ3v) is 4.55. The highest BCUT2D eigenvalue weighted by molar-refractivity contribution is 5.45. The predicted octanol–water partition coefficient (Wildman–Crippen LogP) is 1.90. The molecule has 0 aliphatic carbocycles. The van der Waals surface area contributed by atoms with Crippen LogP contribution in [0.3, 0.4) is 0 Å². The standard InChI is InChI=1S/C17H24N6O2/c1-2-6-22(7-3-1)16-19-15(18-13-14-5-4-10-25-14)20-17(21-16)23-8-11-24-12-9-23/h4-5,10H,1-3,6-9,11-13H2,(H,18,19,20,21). The number of hydrogen-bond donors (Lipinski definition) is 1. The molecule has 2 aliphatic rings. The molecule has 2 saturated heterocycles. The summed E-state index contributed by atoms with van der Waals surface area (Å²) in [6.45, 7) is 5.59. The summed E-state index contributed by atoms with van der Waals surface area (Å²) in [7, 11) is 0. The number of furan rings is 1. The molecule has 4 rings (SSSR count). The normalized spacial score (nSPS) is 18.4. The van der Waals surface area contributed by atoms with E-state index in [1.165, 1.54) is 19.3 Å². The van der Waals surface area contributed by atoms with E-state index in [0.717, 1.165) is 43.8 Å². The van der Waals surface area contributed by atoms with Gasteiger partial charge in [-0.1, -0.05) is 0 Å². The molecule has 2 aromatic rings. The number of aromatic nitrogens is 3. The van der Waals surface area contributed by atoms with Crippen molar-refractivity contribution in [3.63, 3.8) is 0 Å². The summed E-state index contributed by atoms with van der Waals surface area (Å²) < 4.78 is 10.8. The van der Waals surface area contributed by atoms with Crippen molar-refractivity contribution in [1.29, 1.82) is 0 Å².